The summed E-state index contributed by atoms with van der Waals surface area (Å²) < 4.78 is 7.44. The van der Waals surface area contributed by atoms with Gasteiger partial charge in [-0.3, -0.25) is 4.68 Å². The monoisotopic (exact) mass is 262 g/mol. The summed E-state index contributed by atoms with van der Waals surface area (Å²) in [4.78, 5) is 4.38. The number of ether oxygens (including phenoxy) is 1. The zero-order valence-corrected chi connectivity index (χ0v) is 11.0. The van der Waals surface area contributed by atoms with E-state index < -0.39 is 0 Å². The first-order chi connectivity index (χ1) is 8.58. The molecule has 2 N–H and O–H groups in total. The van der Waals surface area contributed by atoms with Crippen molar-refractivity contribution in [2.45, 2.75) is 19.9 Å². The van der Waals surface area contributed by atoms with Crippen LogP contribution in [0.25, 0.3) is 0 Å². The molecule has 18 heavy (non-hydrogen) atoms. The smallest absolute Gasteiger partial charge is 0.229 e. The highest BCUT2D eigenvalue weighted by molar-refractivity contribution is 7.80. The molecule has 5 nitrogen and oxygen atoms in total. The molecule has 2 aromatic rings. The van der Waals surface area contributed by atoms with E-state index in [1.807, 2.05) is 20.0 Å². The average molecular weight is 262 g/mol. The van der Waals surface area contributed by atoms with Gasteiger partial charge in [0.15, 0.2) is 5.75 Å². The molecule has 0 bridgehead atoms. The molecule has 2 heterocycles. The molecular weight excluding hydrogens is 248 g/mol. The molecule has 0 fully saturated rings. The molecule has 0 aliphatic carbocycles. The Morgan fingerprint density at radius 1 is 1.50 bits per heavy atom. The summed E-state index contributed by atoms with van der Waals surface area (Å²) in [6.07, 6.45) is 5.07. The van der Waals surface area contributed by atoms with Crippen LogP contribution in [0.2, 0.25) is 0 Å². The van der Waals surface area contributed by atoms with E-state index in [0.29, 0.717) is 17.2 Å². The summed E-state index contributed by atoms with van der Waals surface area (Å²) in [6.45, 7) is 4.08. The van der Waals surface area contributed by atoms with E-state index in [1.165, 1.54) is 0 Å². The highest BCUT2D eigenvalue weighted by Gasteiger charge is 2.10. The predicted octanol–water partition coefficient (Wildman–Crippen LogP) is 2.29. The largest absolute Gasteiger partial charge is 0.435 e. The van der Waals surface area contributed by atoms with E-state index in [9.17, 15) is 0 Å². The normalized spacial score (nSPS) is 10.6. The van der Waals surface area contributed by atoms with Crippen LogP contribution in [0.1, 0.15) is 25.5 Å². The number of aromatic nitrogens is 3. The third-order valence-corrected chi connectivity index (χ3v) is 2.58. The maximum atomic E-state index is 5.64. The summed E-state index contributed by atoms with van der Waals surface area (Å²) in [5, 5.41) is 4.19. The van der Waals surface area contributed by atoms with Crippen LogP contribution in [0.3, 0.4) is 0 Å². The molecule has 2 rings (SSSR count). The molecule has 0 unspecified atom stereocenters. The third kappa shape index (κ3) is 2.65. The summed E-state index contributed by atoms with van der Waals surface area (Å²) >= 11 is 4.95. The molecule has 0 aromatic carbocycles. The number of thiocarbonyl (C=S) groups is 1. The summed E-state index contributed by atoms with van der Waals surface area (Å²) in [6, 6.07) is 3.82. The van der Waals surface area contributed by atoms with Crippen LogP contribution in [0.15, 0.2) is 30.7 Å². The average Bonchev–Trinajstić information content (AvgIpc) is 2.78. The molecule has 0 aliphatic heterocycles. The number of nitrogens with zero attached hydrogens (tertiary/aromatic N) is 3. The molecule has 0 radical (unpaired) electrons. The van der Waals surface area contributed by atoms with Crippen molar-refractivity contribution in [3.63, 3.8) is 0 Å². The SMILES string of the molecule is CC(C)n1cc(Oc2ncccc2C(N)=S)cn1. The van der Waals surface area contributed by atoms with Gasteiger partial charge in [0.1, 0.15) is 4.99 Å². The van der Waals surface area contributed by atoms with Crippen molar-refractivity contribution in [1.29, 1.82) is 0 Å². The Bertz CT molecular complexity index is 565. The van der Waals surface area contributed by atoms with Crippen molar-refractivity contribution in [3.05, 3.63) is 36.3 Å². The minimum absolute atomic E-state index is 0.259. The van der Waals surface area contributed by atoms with E-state index >= 15 is 0 Å². The van der Waals surface area contributed by atoms with Crippen LogP contribution in [-0.2, 0) is 0 Å². The van der Waals surface area contributed by atoms with E-state index in [1.54, 1.807) is 29.2 Å². The third-order valence-electron chi connectivity index (χ3n) is 2.36. The number of nitrogens with two attached hydrogens (primary N) is 1. The minimum atomic E-state index is 0.259. The Morgan fingerprint density at radius 3 is 2.89 bits per heavy atom. The maximum absolute atomic E-state index is 5.64. The second kappa shape index (κ2) is 5.14. The van der Waals surface area contributed by atoms with Crippen molar-refractivity contribution >= 4 is 17.2 Å². The van der Waals surface area contributed by atoms with Crippen LogP contribution in [0, 0.1) is 0 Å². The lowest BCUT2D eigenvalue weighted by Gasteiger charge is -2.07. The van der Waals surface area contributed by atoms with Crippen molar-refractivity contribution in [1.82, 2.24) is 14.8 Å². The highest BCUT2D eigenvalue weighted by Crippen LogP contribution is 2.23. The molecule has 0 saturated carbocycles. The fourth-order valence-electron chi connectivity index (χ4n) is 1.43. The Balaban J connectivity index is 2.25. The fraction of sp³-hybridized carbons (Fsp3) is 0.250. The number of pyridine rings is 1. The standard InChI is InChI=1S/C12H14N4OS/c1-8(2)16-7-9(6-15-16)17-12-10(11(13)18)4-3-5-14-12/h3-8H,1-2H3,(H2,13,18). The van der Waals surface area contributed by atoms with E-state index in [-0.39, 0.29) is 11.0 Å². The second-order valence-corrected chi connectivity index (χ2v) is 4.51. The van der Waals surface area contributed by atoms with Gasteiger partial charge in [0, 0.05) is 12.2 Å². The fourth-order valence-corrected chi connectivity index (χ4v) is 1.58. The van der Waals surface area contributed by atoms with Crippen molar-refractivity contribution in [3.8, 4) is 11.6 Å². The zero-order chi connectivity index (χ0) is 13.1. The van der Waals surface area contributed by atoms with Gasteiger partial charge in [-0.15, -0.1) is 0 Å². The van der Waals surface area contributed by atoms with Crippen molar-refractivity contribution in [2.75, 3.05) is 0 Å². The second-order valence-electron chi connectivity index (χ2n) is 4.07. The van der Waals surface area contributed by atoms with Crippen LogP contribution < -0.4 is 10.5 Å². The summed E-state index contributed by atoms with van der Waals surface area (Å²) in [5.74, 6) is 1.01. The van der Waals surface area contributed by atoms with Gasteiger partial charge in [-0.2, -0.15) is 5.10 Å². The van der Waals surface area contributed by atoms with E-state index in [0.717, 1.165) is 0 Å². The maximum Gasteiger partial charge on any atom is 0.229 e. The molecule has 6 heteroatoms. The highest BCUT2D eigenvalue weighted by atomic mass is 32.1. The number of rotatable bonds is 4. The Labute approximate surface area is 111 Å². The van der Waals surface area contributed by atoms with Crippen LogP contribution >= 0.6 is 12.2 Å². The first-order valence-electron chi connectivity index (χ1n) is 5.54. The van der Waals surface area contributed by atoms with E-state index in [2.05, 4.69) is 10.1 Å². The molecule has 0 spiro atoms. The van der Waals surface area contributed by atoms with Crippen LogP contribution in [-0.4, -0.2) is 19.8 Å². The lowest BCUT2D eigenvalue weighted by molar-refractivity contribution is 0.458. The van der Waals surface area contributed by atoms with Gasteiger partial charge in [-0.1, -0.05) is 12.2 Å². The van der Waals surface area contributed by atoms with Gasteiger partial charge in [0.25, 0.3) is 0 Å². The minimum Gasteiger partial charge on any atom is -0.435 e. The molecule has 0 saturated heterocycles. The quantitative estimate of drug-likeness (QED) is 0.856. The molecule has 0 aliphatic rings. The van der Waals surface area contributed by atoms with Crippen molar-refractivity contribution < 1.29 is 4.74 Å². The first kappa shape index (κ1) is 12.5. The lowest BCUT2D eigenvalue weighted by atomic mass is 10.3. The molecule has 2 aromatic heterocycles. The lowest BCUT2D eigenvalue weighted by Crippen LogP contribution is -2.11. The van der Waals surface area contributed by atoms with Gasteiger partial charge in [-0.25, -0.2) is 4.98 Å². The Morgan fingerprint density at radius 2 is 2.28 bits per heavy atom. The van der Waals surface area contributed by atoms with Crippen LogP contribution in [0.4, 0.5) is 0 Å². The molecular formula is C12H14N4OS. The van der Waals surface area contributed by atoms with Crippen molar-refractivity contribution in [2.24, 2.45) is 5.73 Å². The molecule has 0 amide bonds. The van der Waals surface area contributed by atoms with E-state index in [4.69, 9.17) is 22.7 Å². The van der Waals surface area contributed by atoms with Gasteiger partial charge >= 0.3 is 0 Å². The number of hydrogen-bond donors (Lipinski definition) is 1. The summed E-state index contributed by atoms with van der Waals surface area (Å²) in [5.41, 5.74) is 6.23. The first-order valence-corrected chi connectivity index (χ1v) is 5.95. The van der Waals surface area contributed by atoms with Crippen LogP contribution in [0.5, 0.6) is 11.6 Å². The summed E-state index contributed by atoms with van der Waals surface area (Å²) in [7, 11) is 0. The van der Waals surface area contributed by atoms with Gasteiger partial charge in [0.05, 0.1) is 18.0 Å². The molecule has 94 valence electrons. The topological polar surface area (TPSA) is 66.0 Å². The van der Waals surface area contributed by atoms with Gasteiger partial charge in [0.2, 0.25) is 5.88 Å². The van der Waals surface area contributed by atoms with Gasteiger partial charge in [-0.05, 0) is 26.0 Å². The Hall–Kier alpha value is -1.95. The van der Waals surface area contributed by atoms with Gasteiger partial charge < -0.3 is 10.5 Å². The Kier molecular flexibility index (Phi) is 3.57. The number of hydrogen-bond acceptors (Lipinski definition) is 4. The molecule has 0 atom stereocenters. The zero-order valence-electron chi connectivity index (χ0n) is 10.2. The predicted molar refractivity (Wildman–Crippen MR) is 72.8 cm³/mol.